The summed E-state index contributed by atoms with van der Waals surface area (Å²) in [6.07, 6.45) is -4.04. The van der Waals surface area contributed by atoms with E-state index in [1.807, 2.05) is 66.7 Å². The van der Waals surface area contributed by atoms with Crippen molar-refractivity contribution in [2.24, 2.45) is 5.73 Å². The van der Waals surface area contributed by atoms with Gasteiger partial charge in [-0.25, -0.2) is 14.4 Å². The SMILES string of the molecule is CCOC(=O)CO[C@@H]1[C@H](O)[C@@H](COC(c2ccccc2)(c2cccc(OC)c2)c2cccc(OC)c2)O[C@H]1N1CC=C(N)N(O[P+](=O)OC(=O)c2ccccc2)C1=O. The van der Waals surface area contributed by atoms with Gasteiger partial charge in [-0.1, -0.05) is 72.8 Å². The van der Waals surface area contributed by atoms with Crippen LogP contribution in [0.5, 0.6) is 11.5 Å². The van der Waals surface area contributed by atoms with Gasteiger partial charge in [0.1, 0.15) is 47.8 Å². The van der Waals surface area contributed by atoms with Crippen LogP contribution in [0.25, 0.3) is 0 Å². The van der Waals surface area contributed by atoms with E-state index >= 15 is 0 Å². The first kappa shape index (κ1) is 41.8. The first-order chi connectivity index (χ1) is 28.1. The van der Waals surface area contributed by atoms with Gasteiger partial charge in [0, 0.05) is 15.7 Å². The minimum atomic E-state index is -3.25. The maximum absolute atomic E-state index is 14.0. The Labute approximate surface area is 335 Å². The van der Waals surface area contributed by atoms with Crippen molar-refractivity contribution in [2.75, 3.05) is 40.6 Å². The lowest BCUT2D eigenvalue weighted by molar-refractivity contribution is -0.157. The lowest BCUT2D eigenvalue weighted by Gasteiger charge is -2.37. The Balaban J connectivity index is 1.31. The number of ether oxygens (including phenoxy) is 6. The number of carbonyl (C=O) groups is 3. The Kier molecular flexibility index (Phi) is 13.7. The molecule has 0 aliphatic carbocycles. The highest BCUT2D eigenvalue weighted by molar-refractivity contribution is 7.34. The van der Waals surface area contributed by atoms with Crippen molar-refractivity contribution in [3.63, 3.8) is 0 Å². The van der Waals surface area contributed by atoms with Crippen LogP contribution in [0, 0.1) is 0 Å². The van der Waals surface area contributed by atoms with Crippen molar-refractivity contribution in [3.05, 3.63) is 143 Å². The second kappa shape index (κ2) is 19.0. The molecule has 0 radical (unpaired) electrons. The average molecular weight is 817 g/mol. The zero-order chi connectivity index (χ0) is 41.2. The molecule has 1 unspecified atom stereocenters. The third-order valence-corrected chi connectivity index (χ3v) is 9.99. The summed E-state index contributed by atoms with van der Waals surface area (Å²) in [6.45, 7) is 0.644. The van der Waals surface area contributed by atoms with Gasteiger partial charge in [-0.3, -0.25) is 4.90 Å². The highest BCUT2D eigenvalue weighted by atomic mass is 31.1. The molecule has 2 aliphatic rings. The molecule has 17 heteroatoms. The van der Waals surface area contributed by atoms with Crippen LogP contribution in [-0.4, -0.2) is 98.2 Å². The molecule has 0 bridgehead atoms. The van der Waals surface area contributed by atoms with Crippen LogP contribution in [0.3, 0.4) is 0 Å². The predicted molar refractivity (Wildman–Crippen MR) is 206 cm³/mol. The number of carbonyl (C=O) groups excluding carboxylic acids is 3. The number of esters is 1. The summed E-state index contributed by atoms with van der Waals surface area (Å²) in [7, 11) is -0.141. The van der Waals surface area contributed by atoms with Gasteiger partial charge in [0.25, 0.3) is 0 Å². The quantitative estimate of drug-likeness (QED) is 0.0818. The van der Waals surface area contributed by atoms with Crippen LogP contribution >= 0.6 is 8.25 Å². The largest absolute Gasteiger partial charge is 0.778 e. The van der Waals surface area contributed by atoms with E-state index in [4.69, 9.17) is 43.3 Å². The van der Waals surface area contributed by atoms with E-state index in [2.05, 4.69) is 0 Å². The Morgan fingerprint density at radius 3 is 2.10 bits per heavy atom. The molecule has 2 heterocycles. The fourth-order valence-corrected chi connectivity index (χ4v) is 7.19. The minimum Gasteiger partial charge on any atom is -0.497 e. The molecule has 2 aliphatic heterocycles. The number of rotatable bonds is 17. The van der Waals surface area contributed by atoms with Crippen molar-refractivity contribution in [1.82, 2.24) is 9.96 Å². The zero-order valence-corrected chi connectivity index (χ0v) is 32.8. The summed E-state index contributed by atoms with van der Waals surface area (Å²) in [6, 6.07) is 30.9. The van der Waals surface area contributed by atoms with Gasteiger partial charge < -0.3 is 39.3 Å². The minimum absolute atomic E-state index is 0.0793. The summed E-state index contributed by atoms with van der Waals surface area (Å²) < 4.78 is 58.5. The molecule has 304 valence electrons. The zero-order valence-electron chi connectivity index (χ0n) is 31.9. The Hall–Kier alpha value is -5.87. The van der Waals surface area contributed by atoms with Crippen LogP contribution in [0.1, 0.15) is 34.0 Å². The molecule has 6 rings (SSSR count). The van der Waals surface area contributed by atoms with Gasteiger partial charge in [0.2, 0.25) is 0 Å². The number of hydrogen-bond acceptors (Lipinski definition) is 14. The number of methoxy groups -OCH3 is 2. The molecule has 16 nitrogen and oxygen atoms in total. The molecule has 4 aromatic rings. The molecule has 5 atom stereocenters. The lowest BCUT2D eigenvalue weighted by atomic mass is 9.79. The predicted octanol–water partition coefficient (Wildman–Crippen LogP) is 5.03. The second-order valence-electron chi connectivity index (χ2n) is 12.9. The van der Waals surface area contributed by atoms with E-state index in [0.29, 0.717) is 27.7 Å². The van der Waals surface area contributed by atoms with Gasteiger partial charge in [-0.05, 0) is 66.1 Å². The first-order valence-corrected chi connectivity index (χ1v) is 19.3. The molecule has 3 N–H and O–H groups in total. The third-order valence-electron chi connectivity index (χ3n) is 9.38. The maximum atomic E-state index is 14.0. The second-order valence-corrected chi connectivity index (χ2v) is 13.7. The van der Waals surface area contributed by atoms with E-state index in [9.17, 15) is 24.1 Å². The topological polar surface area (TPSA) is 195 Å². The van der Waals surface area contributed by atoms with Gasteiger partial charge >= 0.3 is 26.2 Å². The van der Waals surface area contributed by atoms with Gasteiger partial charge in [0.15, 0.2) is 6.23 Å². The summed E-state index contributed by atoms with van der Waals surface area (Å²) in [5, 5.41) is 12.4. The smallest absolute Gasteiger partial charge is 0.497 e. The number of benzene rings is 4. The lowest BCUT2D eigenvalue weighted by Crippen LogP contribution is -2.55. The Morgan fingerprint density at radius 1 is 0.897 bits per heavy atom. The van der Waals surface area contributed by atoms with Crippen LogP contribution in [-0.2, 0) is 43.1 Å². The number of aliphatic hydroxyl groups is 1. The van der Waals surface area contributed by atoms with E-state index < -0.39 is 63.0 Å². The molecule has 0 aromatic heterocycles. The Bertz CT molecular complexity index is 2060. The van der Waals surface area contributed by atoms with Crippen molar-refractivity contribution in [2.45, 2.75) is 37.1 Å². The number of hydrogen-bond donors (Lipinski definition) is 2. The number of nitrogens with two attached hydrogens (primary N) is 1. The summed E-state index contributed by atoms with van der Waals surface area (Å²) in [5.41, 5.74) is 6.89. The van der Waals surface area contributed by atoms with Crippen LogP contribution in [0.2, 0.25) is 0 Å². The number of nitrogens with zero attached hydrogens (tertiary/aromatic N) is 2. The number of amides is 2. The van der Waals surface area contributed by atoms with Crippen molar-refractivity contribution >= 4 is 26.2 Å². The number of hydroxylamine groups is 2. The normalized spacial score (nSPS) is 19.6. The van der Waals surface area contributed by atoms with Gasteiger partial charge in [-0.15, -0.1) is 5.06 Å². The molecule has 4 aromatic carbocycles. The molecular formula is C41H43N3O13P+. The van der Waals surface area contributed by atoms with Crippen LogP contribution in [0.15, 0.2) is 121 Å². The van der Waals surface area contributed by atoms with E-state index in [-0.39, 0.29) is 31.1 Å². The average Bonchev–Trinajstić information content (AvgIpc) is 3.56. The van der Waals surface area contributed by atoms with Crippen molar-refractivity contribution in [3.8, 4) is 11.5 Å². The monoisotopic (exact) mass is 816 g/mol. The highest BCUT2D eigenvalue weighted by Gasteiger charge is 2.52. The first-order valence-electron chi connectivity index (χ1n) is 18.2. The fraction of sp³-hybridized carbons (Fsp3) is 0.293. The highest BCUT2D eigenvalue weighted by Crippen LogP contribution is 2.44. The van der Waals surface area contributed by atoms with E-state index in [1.54, 1.807) is 51.5 Å². The van der Waals surface area contributed by atoms with Crippen molar-refractivity contribution in [1.29, 1.82) is 0 Å². The fourth-order valence-electron chi connectivity index (χ4n) is 6.62. The van der Waals surface area contributed by atoms with E-state index in [0.717, 1.165) is 10.5 Å². The van der Waals surface area contributed by atoms with Crippen molar-refractivity contribution < 1.29 is 61.6 Å². The summed E-state index contributed by atoms with van der Waals surface area (Å²) in [4.78, 5) is 40.0. The van der Waals surface area contributed by atoms with Crippen LogP contribution in [0.4, 0.5) is 4.79 Å². The molecule has 58 heavy (non-hydrogen) atoms. The third kappa shape index (κ3) is 9.13. The number of urea groups is 1. The maximum Gasteiger partial charge on any atom is 0.778 e. The number of aliphatic hydroxyl groups excluding tert-OH is 1. The standard InChI is InChI=1S/C41H43N3O13P/c1-4-52-35(45)26-53-37-36(46)33(55-38(37)43-22-21-34(42)44(40(43)48)57-58(49)56-39(47)27-13-7-5-8-14-27)25-54-41(28-15-9-6-10-16-28,29-17-11-19-31(23-29)50-2)30-18-12-20-32(24-30)51-3/h5-21,23-24,33,36-38,46H,4,22,25-26,42H2,1-3H3/q+1/t33-,36-,37-,38-/m1/s1. The molecule has 1 saturated heterocycles. The van der Waals surface area contributed by atoms with Gasteiger partial charge in [-0.2, -0.15) is 4.52 Å². The molecule has 0 saturated carbocycles. The molecule has 0 spiro atoms. The van der Waals surface area contributed by atoms with Crippen LogP contribution < -0.4 is 15.2 Å². The summed E-state index contributed by atoms with van der Waals surface area (Å²) in [5.74, 6) is -0.811. The Morgan fingerprint density at radius 2 is 1.50 bits per heavy atom. The van der Waals surface area contributed by atoms with Gasteiger partial charge in [0.05, 0.1) is 33.0 Å². The van der Waals surface area contributed by atoms with E-state index in [1.165, 1.54) is 18.2 Å². The molecule has 1 fully saturated rings. The summed E-state index contributed by atoms with van der Waals surface area (Å²) >= 11 is 0. The molecule has 2 amide bonds. The molecular weight excluding hydrogens is 773 g/mol.